The summed E-state index contributed by atoms with van der Waals surface area (Å²) in [6, 6.07) is 14.2. The number of hydrogen-bond acceptors (Lipinski definition) is 7. The molecule has 8 nitrogen and oxygen atoms in total. The maximum atomic E-state index is 5.49. The molecule has 5 rings (SSSR count). The molecule has 0 atom stereocenters. The minimum Gasteiger partial charge on any atom is -0.496 e. The number of ether oxygens (including phenoxy) is 1. The molecule has 0 bridgehead atoms. The zero-order valence-electron chi connectivity index (χ0n) is 18.4. The standard InChI is InChI=1S/C24H27N7O/c1-16-19-13-17(7-8-20(19)30-29-16)21-15-27-23(24(28-21)31-11-9-25-10-12-31)26-14-18-5-3-4-6-22(18)32-2/h3-8,13,15,25H,9-12,14H2,1-2H3,(H,26,27)(H,29,30). The molecular weight excluding hydrogens is 402 g/mol. The third-order valence-corrected chi connectivity index (χ3v) is 5.86. The Morgan fingerprint density at radius 1 is 1.12 bits per heavy atom. The van der Waals surface area contributed by atoms with Crippen LogP contribution in [0.15, 0.2) is 48.7 Å². The van der Waals surface area contributed by atoms with E-state index in [0.29, 0.717) is 6.54 Å². The second-order valence-electron chi connectivity index (χ2n) is 7.90. The molecule has 4 aromatic rings. The first-order valence-electron chi connectivity index (χ1n) is 10.9. The number of anilines is 2. The van der Waals surface area contributed by atoms with Crippen LogP contribution in [0.25, 0.3) is 22.2 Å². The topological polar surface area (TPSA) is 91.0 Å². The van der Waals surface area contributed by atoms with E-state index in [1.165, 1.54) is 0 Å². The van der Waals surface area contributed by atoms with Crippen molar-refractivity contribution in [2.45, 2.75) is 13.5 Å². The molecule has 0 radical (unpaired) electrons. The van der Waals surface area contributed by atoms with Gasteiger partial charge < -0.3 is 20.3 Å². The van der Waals surface area contributed by atoms with Crippen LogP contribution in [0.1, 0.15) is 11.3 Å². The van der Waals surface area contributed by atoms with E-state index in [2.05, 4.69) is 43.9 Å². The Hall–Kier alpha value is -3.65. The van der Waals surface area contributed by atoms with E-state index in [0.717, 1.165) is 77.0 Å². The Morgan fingerprint density at radius 2 is 1.97 bits per heavy atom. The lowest BCUT2D eigenvalue weighted by molar-refractivity contribution is 0.410. The highest BCUT2D eigenvalue weighted by atomic mass is 16.5. The summed E-state index contributed by atoms with van der Waals surface area (Å²) in [5.74, 6) is 2.52. The van der Waals surface area contributed by atoms with Crippen LogP contribution in [0.5, 0.6) is 5.75 Å². The van der Waals surface area contributed by atoms with Crippen molar-refractivity contribution in [3.8, 4) is 17.0 Å². The molecule has 8 heteroatoms. The molecule has 3 heterocycles. The number of nitrogens with zero attached hydrogens (tertiary/aromatic N) is 4. The fraction of sp³-hybridized carbons (Fsp3) is 0.292. The van der Waals surface area contributed by atoms with Crippen molar-refractivity contribution < 1.29 is 4.74 Å². The van der Waals surface area contributed by atoms with Gasteiger partial charge in [0, 0.05) is 49.2 Å². The largest absolute Gasteiger partial charge is 0.496 e. The highest BCUT2D eigenvalue weighted by Gasteiger charge is 2.19. The average Bonchev–Trinajstić information content (AvgIpc) is 3.23. The van der Waals surface area contributed by atoms with Gasteiger partial charge in [-0.05, 0) is 25.1 Å². The number of fused-ring (bicyclic) bond motifs is 1. The van der Waals surface area contributed by atoms with Gasteiger partial charge in [-0.1, -0.05) is 24.3 Å². The van der Waals surface area contributed by atoms with E-state index in [9.17, 15) is 0 Å². The van der Waals surface area contributed by atoms with E-state index in [4.69, 9.17) is 14.7 Å². The molecule has 0 saturated carbocycles. The number of H-pyrrole nitrogens is 1. The Bertz CT molecular complexity index is 1230. The van der Waals surface area contributed by atoms with E-state index >= 15 is 0 Å². The number of nitrogens with one attached hydrogen (secondary N) is 3. The lowest BCUT2D eigenvalue weighted by Crippen LogP contribution is -2.44. The lowest BCUT2D eigenvalue weighted by Gasteiger charge is -2.30. The number of aromatic nitrogens is 4. The number of piperazine rings is 1. The van der Waals surface area contributed by atoms with Gasteiger partial charge >= 0.3 is 0 Å². The zero-order valence-corrected chi connectivity index (χ0v) is 18.4. The SMILES string of the molecule is COc1ccccc1CNc1ncc(-c2ccc3[nH]nc(C)c3c2)nc1N1CCNCC1. The van der Waals surface area contributed by atoms with E-state index in [1.54, 1.807) is 7.11 Å². The zero-order chi connectivity index (χ0) is 21.9. The van der Waals surface area contributed by atoms with Gasteiger partial charge in [0.25, 0.3) is 0 Å². The van der Waals surface area contributed by atoms with Gasteiger partial charge in [-0.2, -0.15) is 5.10 Å². The van der Waals surface area contributed by atoms with Crippen molar-refractivity contribution >= 4 is 22.5 Å². The predicted molar refractivity (Wildman–Crippen MR) is 127 cm³/mol. The van der Waals surface area contributed by atoms with Gasteiger partial charge in [-0.25, -0.2) is 9.97 Å². The maximum Gasteiger partial charge on any atom is 0.172 e. The van der Waals surface area contributed by atoms with Crippen molar-refractivity contribution in [2.75, 3.05) is 43.5 Å². The van der Waals surface area contributed by atoms with Gasteiger partial charge in [0.05, 0.1) is 30.2 Å². The molecule has 0 spiro atoms. The Labute approximate surface area is 187 Å². The van der Waals surface area contributed by atoms with Crippen LogP contribution < -0.4 is 20.3 Å². The molecule has 2 aromatic carbocycles. The Morgan fingerprint density at radius 3 is 2.81 bits per heavy atom. The third-order valence-electron chi connectivity index (χ3n) is 5.86. The summed E-state index contributed by atoms with van der Waals surface area (Å²) >= 11 is 0. The summed E-state index contributed by atoms with van der Waals surface area (Å²) in [5, 5.41) is 15.4. The number of aromatic amines is 1. The number of hydrogen-bond donors (Lipinski definition) is 3. The lowest BCUT2D eigenvalue weighted by atomic mass is 10.1. The highest BCUT2D eigenvalue weighted by molar-refractivity contribution is 5.86. The molecule has 1 saturated heterocycles. The summed E-state index contributed by atoms with van der Waals surface area (Å²) in [5.41, 5.74) is 4.96. The molecular formula is C24H27N7O. The molecule has 1 aliphatic rings. The summed E-state index contributed by atoms with van der Waals surface area (Å²) < 4.78 is 5.49. The molecule has 0 unspecified atom stereocenters. The van der Waals surface area contributed by atoms with Gasteiger partial charge in [-0.3, -0.25) is 5.10 Å². The number of rotatable bonds is 6. The van der Waals surface area contributed by atoms with Crippen LogP contribution in [-0.2, 0) is 6.54 Å². The van der Waals surface area contributed by atoms with Crippen LogP contribution >= 0.6 is 0 Å². The first kappa shape index (κ1) is 20.3. The smallest absolute Gasteiger partial charge is 0.172 e. The van der Waals surface area contributed by atoms with Crippen LogP contribution in [0.4, 0.5) is 11.6 Å². The average molecular weight is 430 g/mol. The van der Waals surface area contributed by atoms with Crippen LogP contribution in [0.2, 0.25) is 0 Å². The van der Waals surface area contributed by atoms with Gasteiger partial charge in [0.15, 0.2) is 11.6 Å². The summed E-state index contributed by atoms with van der Waals surface area (Å²) in [4.78, 5) is 12.1. The van der Waals surface area contributed by atoms with Gasteiger partial charge in [0.2, 0.25) is 0 Å². The molecule has 0 aliphatic carbocycles. The third kappa shape index (κ3) is 3.97. The first-order chi connectivity index (χ1) is 15.7. The van der Waals surface area contributed by atoms with Crippen molar-refractivity contribution in [1.82, 2.24) is 25.5 Å². The predicted octanol–water partition coefficient (Wildman–Crippen LogP) is 3.36. The second kappa shape index (κ2) is 8.84. The number of aryl methyl sites for hydroxylation is 1. The number of benzene rings is 2. The van der Waals surface area contributed by atoms with Crippen molar-refractivity contribution in [1.29, 1.82) is 0 Å². The number of para-hydroxylation sites is 1. The molecule has 0 amide bonds. The van der Waals surface area contributed by atoms with Crippen LogP contribution in [0, 0.1) is 6.92 Å². The van der Waals surface area contributed by atoms with Crippen LogP contribution in [-0.4, -0.2) is 53.5 Å². The van der Waals surface area contributed by atoms with E-state index in [-0.39, 0.29) is 0 Å². The minimum absolute atomic E-state index is 0.608. The minimum atomic E-state index is 0.608. The van der Waals surface area contributed by atoms with Gasteiger partial charge in [0.1, 0.15) is 5.75 Å². The molecule has 2 aromatic heterocycles. The second-order valence-corrected chi connectivity index (χ2v) is 7.90. The van der Waals surface area contributed by atoms with E-state index in [1.807, 2.05) is 37.4 Å². The fourth-order valence-corrected chi connectivity index (χ4v) is 4.07. The van der Waals surface area contributed by atoms with Gasteiger partial charge in [-0.15, -0.1) is 0 Å². The van der Waals surface area contributed by atoms with Crippen molar-refractivity contribution in [3.05, 3.63) is 59.9 Å². The van der Waals surface area contributed by atoms with Crippen LogP contribution in [0.3, 0.4) is 0 Å². The highest BCUT2D eigenvalue weighted by Crippen LogP contribution is 2.29. The summed E-state index contributed by atoms with van der Waals surface area (Å²) in [6.45, 7) is 6.25. The summed E-state index contributed by atoms with van der Waals surface area (Å²) in [6.07, 6.45) is 1.84. The number of methoxy groups -OCH3 is 1. The molecule has 164 valence electrons. The Balaban J connectivity index is 1.49. The molecule has 3 N–H and O–H groups in total. The monoisotopic (exact) mass is 429 g/mol. The van der Waals surface area contributed by atoms with Crippen molar-refractivity contribution in [2.24, 2.45) is 0 Å². The van der Waals surface area contributed by atoms with Crippen molar-refractivity contribution in [3.63, 3.8) is 0 Å². The molecule has 1 aliphatic heterocycles. The van der Waals surface area contributed by atoms with E-state index < -0.39 is 0 Å². The quantitative estimate of drug-likeness (QED) is 0.433. The first-order valence-corrected chi connectivity index (χ1v) is 10.9. The molecule has 1 fully saturated rings. The Kier molecular flexibility index (Phi) is 5.60. The normalized spacial score (nSPS) is 14.0. The maximum absolute atomic E-state index is 5.49. The molecule has 32 heavy (non-hydrogen) atoms. The fourth-order valence-electron chi connectivity index (χ4n) is 4.07. The summed E-state index contributed by atoms with van der Waals surface area (Å²) in [7, 11) is 1.69.